The summed E-state index contributed by atoms with van der Waals surface area (Å²) in [6, 6.07) is 11.3. The number of piperidine rings is 1. The lowest BCUT2D eigenvalue weighted by molar-refractivity contribution is -0.140. The highest BCUT2D eigenvalue weighted by Crippen LogP contribution is 2.42. The second kappa shape index (κ2) is 15.8. The minimum atomic E-state index is -5.27. The molecule has 2 aliphatic heterocycles. The molecule has 0 bridgehead atoms. The Labute approximate surface area is 332 Å². The molecule has 0 spiro atoms. The maximum atomic E-state index is 14.7. The number of nitrogens with zero attached hydrogens (tertiary/aromatic N) is 6. The Morgan fingerprint density at radius 3 is 2.25 bits per heavy atom. The van der Waals surface area contributed by atoms with Crippen LogP contribution in [0.25, 0.3) is 5.65 Å². The number of amides is 4. The number of carbonyl (C=O) groups is 4. The zero-order valence-electron chi connectivity index (χ0n) is 31.2. The van der Waals surface area contributed by atoms with Gasteiger partial charge in [-0.3, -0.25) is 29.4 Å². The van der Waals surface area contributed by atoms with Gasteiger partial charge in [0.15, 0.2) is 5.75 Å². The molecule has 4 amide bonds. The molecule has 1 fully saturated rings. The van der Waals surface area contributed by atoms with Gasteiger partial charge in [-0.1, -0.05) is 18.2 Å². The van der Waals surface area contributed by atoms with Gasteiger partial charge in [-0.25, -0.2) is 12.7 Å². The van der Waals surface area contributed by atoms with Gasteiger partial charge in [-0.15, -0.1) is 5.10 Å². The number of sulfonamides is 1. The van der Waals surface area contributed by atoms with E-state index in [4.69, 9.17) is 23.7 Å². The average Bonchev–Trinajstić information content (AvgIpc) is 3.76. The third-order valence-electron chi connectivity index (χ3n) is 9.25. The predicted molar refractivity (Wildman–Crippen MR) is 196 cm³/mol. The van der Waals surface area contributed by atoms with E-state index in [9.17, 15) is 40.8 Å². The second-order valence-electron chi connectivity index (χ2n) is 12.8. The van der Waals surface area contributed by atoms with E-state index in [0.717, 1.165) is 21.5 Å². The number of ether oxygens (including phenoxy) is 5. The molecular weight excluding hydrogens is 808 g/mol. The van der Waals surface area contributed by atoms with Crippen molar-refractivity contribution in [1.82, 2.24) is 29.8 Å². The minimum absolute atomic E-state index is 0.00504. The zero-order chi connectivity index (χ0) is 42.2. The lowest BCUT2D eigenvalue weighted by Gasteiger charge is -2.27. The van der Waals surface area contributed by atoms with E-state index in [1.165, 1.54) is 70.0 Å². The number of hydrogen-bond acceptors (Lipinski definition) is 14. The molecule has 308 valence electrons. The van der Waals surface area contributed by atoms with Gasteiger partial charge in [0, 0.05) is 6.42 Å². The number of alkyl halides is 3. The number of benzene rings is 3. The normalized spacial score (nSPS) is 15.6. The number of fused-ring (bicyclic) bond motifs is 2. The number of halogens is 3. The summed E-state index contributed by atoms with van der Waals surface area (Å²) in [6.45, 7) is -1.43. The maximum Gasteiger partial charge on any atom is 0.417 e. The van der Waals surface area contributed by atoms with Crippen molar-refractivity contribution in [2.45, 2.75) is 36.5 Å². The van der Waals surface area contributed by atoms with Crippen LogP contribution in [0.1, 0.15) is 44.7 Å². The van der Waals surface area contributed by atoms with Crippen LogP contribution in [0, 0.1) is 0 Å². The van der Waals surface area contributed by atoms with Crippen LogP contribution < -0.4 is 33.3 Å². The molecule has 18 nitrogen and oxygen atoms in total. The fourth-order valence-corrected chi connectivity index (χ4v) is 8.12. The number of nitrogens with one attached hydrogen (secondary N) is 1. The fourth-order valence-electron chi connectivity index (χ4n) is 6.45. The summed E-state index contributed by atoms with van der Waals surface area (Å²) in [6.07, 6.45) is -4.05. The lowest BCUT2D eigenvalue weighted by atomic mass is 10.0. The van der Waals surface area contributed by atoms with E-state index in [-0.39, 0.29) is 53.7 Å². The van der Waals surface area contributed by atoms with Gasteiger partial charge in [0.05, 0.1) is 50.8 Å². The van der Waals surface area contributed by atoms with E-state index < -0.39 is 81.2 Å². The SMILES string of the molecule is COc1ccc(CN(c2nc3c(OC)cnc(OC)n3n2)S(=O)(=O)c2c(OCCOc3ccc4c(c3)C(=O)N(C3CCC(=O)NC3=O)C4=O)cccc2C(F)(F)F)cc1. The first-order chi connectivity index (χ1) is 28.2. The van der Waals surface area contributed by atoms with Crippen molar-refractivity contribution < 1.29 is 64.5 Å². The Bertz CT molecular complexity index is 2560. The highest BCUT2D eigenvalue weighted by atomic mass is 32.2. The molecule has 59 heavy (non-hydrogen) atoms. The molecule has 1 saturated heterocycles. The molecule has 1 unspecified atom stereocenters. The van der Waals surface area contributed by atoms with Crippen LogP contribution in [0.3, 0.4) is 0 Å². The number of anilines is 1. The van der Waals surface area contributed by atoms with Crippen LogP contribution >= 0.6 is 0 Å². The maximum absolute atomic E-state index is 14.7. The number of aromatic nitrogens is 4. The van der Waals surface area contributed by atoms with Crippen LogP contribution in [0.4, 0.5) is 19.1 Å². The standard InChI is InChI=1S/C37H32F3N7O11S/c1-54-21-9-7-20(8-10-21)19-45(35-43-31-28(55-2)18-41-36(56-3)47(31)44-35)59(52,53)30-25(37(38,39)40)5-4-6-27(30)58-16-15-57-22-11-12-23-24(17-22)34(51)46(33(23)50)26-13-14-29(48)42-32(26)49/h4-12,17-18,26H,13-16,19H2,1-3H3,(H,42,48,49). The fraction of sp³-hybridized carbons (Fsp3) is 0.270. The van der Waals surface area contributed by atoms with Crippen molar-refractivity contribution in [3.63, 3.8) is 0 Å². The van der Waals surface area contributed by atoms with Gasteiger partial charge in [0.1, 0.15) is 41.4 Å². The van der Waals surface area contributed by atoms with Crippen LogP contribution in [0.2, 0.25) is 0 Å². The molecule has 0 aliphatic carbocycles. The van der Waals surface area contributed by atoms with Crippen molar-refractivity contribution in [3.8, 4) is 29.0 Å². The smallest absolute Gasteiger partial charge is 0.417 e. The van der Waals surface area contributed by atoms with Gasteiger partial charge in [-0.2, -0.15) is 27.7 Å². The van der Waals surface area contributed by atoms with Crippen molar-refractivity contribution in [3.05, 3.63) is 89.1 Å². The lowest BCUT2D eigenvalue weighted by Crippen LogP contribution is -2.54. The van der Waals surface area contributed by atoms with E-state index in [2.05, 4.69) is 20.4 Å². The van der Waals surface area contributed by atoms with Crippen LogP contribution in [0.5, 0.6) is 29.0 Å². The van der Waals surface area contributed by atoms with Crippen LogP contribution in [0.15, 0.2) is 71.8 Å². The molecule has 4 heterocycles. The summed E-state index contributed by atoms with van der Waals surface area (Å²) in [7, 11) is -1.27. The van der Waals surface area contributed by atoms with Crippen molar-refractivity contribution in [1.29, 1.82) is 0 Å². The molecule has 3 aromatic carbocycles. The second-order valence-corrected chi connectivity index (χ2v) is 14.6. The molecular formula is C37H32F3N7O11S. The van der Waals surface area contributed by atoms with Crippen molar-refractivity contribution in [2.24, 2.45) is 0 Å². The van der Waals surface area contributed by atoms with E-state index in [1.807, 2.05) is 0 Å². The van der Waals surface area contributed by atoms with E-state index in [0.29, 0.717) is 21.7 Å². The van der Waals surface area contributed by atoms with Gasteiger partial charge >= 0.3 is 12.2 Å². The molecule has 2 aliphatic rings. The highest BCUT2D eigenvalue weighted by molar-refractivity contribution is 7.93. The van der Waals surface area contributed by atoms with E-state index in [1.54, 1.807) is 0 Å². The molecule has 2 aromatic heterocycles. The highest BCUT2D eigenvalue weighted by Gasteiger charge is 2.45. The van der Waals surface area contributed by atoms with Gasteiger partial charge in [0.25, 0.3) is 27.8 Å². The first-order valence-electron chi connectivity index (χ1n) is 17.5. The third kappa shape index (κ3) is 7.60. The summed E-state index contributed by atoms with van der Waals surface area (Å²) in [5.41, 5.74) is -1.36. The average molecular weight is 840 g/mol. The number of rotatable bonds is 14. The monoisotopic (exact) mass is 839 g/mol. The predicted octanol–water partition coefficient (Wildman–Crippen LogP) is 3.42. The zero-order valence-corrected chi connectivity index (χ0v) is 32.0. The molecule has 0 saturated carbocycles. The number of imide groups is 2. The molecule has 1 atom stereocenters. The Kier molecular flexibility index (Phi) is 10.7. The summed E-state index contributed by atoms with van der Waals surface area (Å²) in [5.74, 6) is -3.52. The Morgan fingerprint density at radius 2 is 1.58 bits per heavy atom. The minimum Gasteiger partial charge on any atom is -0.497 e. The summed E-state index contributed by atoms with van der Waals surface area (Å²) in [4.78, 5) is 58.2. The molecule has 7 rings (SSSR count). The third-order valence-corrected chi connectivity index (χ3v) is 11.1. The Hall–Kier alpha value is -6.97. The molecule has 22 heteroatoms. The first kappa shape index (κ1) is 40.2. The van der Waals surface area contributed by atoms with Crippen molar-refractivity contribution >= 4 is 45.2 Å². The number of hydrogen-bond donors (Lipinski definition) is 1. The number of methoxy groups -OCH3 is 3. The van der Waals surface area contributed by atoms with E-state index >= 15 is 0 Å². The van der Waals surface area contributed by atoms with Crippen LogP contribution in [-0.2, 0) is 32.3 Å². The molecule has 1 N–H and O–H groups in total. The molecule has 5 aromatic rings. The van der Waals surface area contributed by atoms with Gasteiger partial charge in [0.2, 0.25) is 17.5 Å². The van der Waals surface area contributed by atoms with Gasteiger partial charge in [-0.05, 0) is 54.4 Å². The Balaban J connectivity index is 1.18. The number of carbonyl (C=O) groups excluding carboxylic acids is 4. The first-order valence-corrected chi connectivity index (χ1v) is 18.9. The van der Waals surface area contributed by atoms with Crippen LogP contribution in [-0.4, -0.2) is 97.1 Å². The largest absolute Gasteiger partial charge is 0.497 e. The van der Waals surface area contributed by atoms with Gasteiger partial charge < -0.3 is 23.7 Å². The quantitative estimate of drug-likeness (QED) is 0.126. The summed E-state index contributed by atoms with van der Waals surface area (Å²) < 4.78 is 102. The van der Waals surface area contributed by atoms with Crippen molar-refractivity contribution in [2.75, 3.05) is 38.8 Å². The topological polar surface area (TPSA) is 210 Å². The molecule has 0 radical (unpaired) electrons. The summed E-state index contributed by atoms with van der Waals surface area (Å²) in [5, 5.41) is 6.37. The summed E-state index contributed by atoms with van der Waals surface area (Å²) >= 11 is 0. The Morgan fingerprint density at radius 1 is 0.864 bits per heavy atom.